The van der Waals surface area contributed by atoms with E-state index < -0.39 is 18.1 Å². The van der Waals surface area contributed by atoms with Crippen molar-refractivity contribution in [3.8, 4) is 39.2 Å². The summed E-state index contributed by atoms with van der Waals surface area (Å²) in [6.07, 6.45) is 9.47. The van der Waals surface area contributed by atoms with Gasteiger partial charge in [0.05, 0.1) is 51.8 Å². The molecule has 6 aliphatic rings. The van der Waals surface area contributed by atoms with E-state index in [-0.39, 0.29) is 66.9 Å². The number of phenols is 1. The Bertz CT molecular complexity index is 3120. The lowest BCUT2D eigenvalue weighted by atomic mass is 9.81. The number of aromatic hydroxyl groups is 1. The van der Waals surface area contributed by atoms with Gasteiger partial charge in [0.25, 0.3) is 5.88 Å². The summed E-state index contributed by atoms with van der Waals surface area (Å²) in [6.45, 7) is 12.5. The normalized spacial score (nSPS) is 25.8. The fourth-order valence-corrected chi connectivity index (χ4v) is 13.9. The van der Waals surface area contributed by atoms with Crippen molar-refractivity contribution in [2.24, 2.45) is 11.8 Å². The van der Waals surface area contributed by atoms with Crippen LogP contribution in [0.1, 0.15) is 108 Å². The van der Waals surface area contributed by atoms with Crippen molar-refractivity contribution in [1.29, 1.82) is 0 Å². The molecule has 6 aromatic rings. The van der Waals surface area contributed by atoms with Gasteiger partial charge in [-0.05, 0) is 105 Å². The Kier molecular flexibility index (Phi) is 15.4. The molecule has 2 amide bonds. The monoisotopic (exact) mass is 1110 g/mol. The van der Waals surface area contributed by atoms with E-state index in [0.29, 0.717) is 52.6 Å². The maximum atomic E-state index is 14.3. The third kappa shape index (κ3) is 11.4. The highest BCUT2D eigenvalue weighted by Gasteiger charge is 2.45. The topological polar surface area (TPSA) is 231 Å². The number of aliphatic hydroxyl groups is 1. The van der Waals surface area contributed by atoms with Crippen LogP contribution < -0.4 is 30.3 Å². The molecular weight excluding hydrogens is 1030 g/mol. The van der Waals surface area contributed by atoms with Gasteiger partial charge < -0.3 is 59.6 Å². The number of nitrogens with two attached hydrogens (primary N) is 1. The molecule has 2 bridgehead atoms. The molecule has 2 aromatic carbocycles. The number of hydrogen-bond donors (Lipinski definition) is 4. The first-order chi connectivity index (χ1) is 38.8. The maximum absolute atomic E-state index is 14.3. The van der Waals surface area contributed by atoms with Gasteiger partial charge in [0.15, 0.2) is 11.6 Å². The van der Waals surface area contributed by atoms with Crippen LogP contribution in [0, 0.1) is 18.8 Å². The number of piperidine rings is 1. The molecule has 6 atom stereocenters. The lowest BCUT2D eigenvalue weighted by molar-refractivity contribution is -0.141. The number of fused-ring (bicyclic) bond motifs is 2. The van der Waals surface area contributed by atoms with Crippen LogP contribution in [0.15, 0.2) is 89.0 Å². The van der Waals surface area contributed by atoms with Gasteiger partial charge in [0.2, 0.25) is 17.7 Å². The molecule has 4 saturated heterocycles. The largest absolute Gasteiger partial charge is 0.507 e. The lowest BCUT2D eigenvalue weighted by Crippen LogP contribution is -2.54. The number of para-hydroxylation sites is 1. The number of nitrogens with zero attached hydrogens (tertiary/aromatic N) is 9. The SMILES string of the molecule is Cc1ncsc1-c1ccc([C@H](C)NC(=O)[C@@H]2C[C@@H](O)CN2C(=O)[C@@H](c2cc(O[C@H]3C[C@H](CN4CCC(O[C@H]5C[C@H](Oc6cc(N7C8CCC7CN(c7cc(-c9ccccc9O)nnc7N)C8)ccn6)C5)CC4)C3)no2)C(C)C)cc1. The van der Waals surface area contributed by atoms with Crippen molar-refractivity contribution in [3.05, 3.63) is 102 Å². The van der Waals surface area contributed by atoms with Crippen molar-refractivity contribution in [2.75, 3.05) is 54.8 Å². The maximum Gasteiger partial charge on any atom is 0.254 e. The number of aryl methyl sites for hydroxylation is 1. The first kappa shape index (κ1) is 53.8. The smallest absolute Gasteiger partial charge is 0.254 e. The van der Waals surface area contributed by atoms with Gasteiger partial charge in [-0.25, -0.2) is 9.97 Å². The zero-order valence-electron chi connectivity index (χ0n) is 46.0. The number of carbonyl (C=O) groups is 2. The van der Waals surface area contributed by atoms with Gasteiger partial charge in [-0.3, -0.25) is 9.59 Å². The molecule has 4 aliphatic heterocycles. The summed E-state index contributed by atoms with van der Waals surface area (Å²) in [6, 6.07) is 22.5. The Morgan fingerprint density at radius 2 is 1.57 bits per heavy atom. The van der Waals surface area contributed by atoms with Crippen LogP contribution in [0.3, 0.4) is 0 Å². The van der Waals surface area contributed by atoms with E-state index in [9.17, 15) is 19.8 Å². The van der Waals surface area contributed by atoms with E-state index in [0.717, 1.165) is 117 Å². The Morgan fingerprint density at radius 1 is 0.838 bits per heavy atom. The minimum absolute atomic E-state index is 0.0187. The van der Waals surface area contributed by atoms with E-state index >= 15 is 0 Å². The molecule has 6 fully saturated rings. The van der Waals surface area contributed by atoms with Crippen molar-refractivity contribution >= 4 is 40.3 Å². The lowest BCUT2D eigenvalue weighted by Gasteiger charge is -2.43. The van der Waals surface area contributed by atoms with Crippen molar-refractivity contribution in [3.63, 3.8) is 0 Å². The second-order valence-corrected chi connectivity index (χ2v) is 24.3. The Morgan fingerprint density at radius 3 is 2.30 bits per heavy atom. The number of carbonyl (C=O) groups excluding carboxylic acids is 2. The number of β-amino-alcohol motifs (C(OH)–C–C–N with tert-alkyl or cyclic N) is 1. The van der Waals surface area contributed by atoms with Gasteiger partial charge in [0, 0.05) is 100 Å². The van der Waals surface area contributed by atoms with Crippen molar-refractivity contribution < 1.29 is 38.5 Å². The second kappa shape index (κ2) is 22.9. The average molecular weight is 1110 g/mol. The molecule has 19 nitrogen and oxygen atoms in total. The summed E-state index contributed by atoms with van der Waals surface area (Å²) in [5.41, 5.74) is 14.4. The molecule has 2 unspecified atom stereocenters. The number of ether oxygens (including phenoxy) is 3. The highest BCUT2D eigenvalue weighted by atomic mass is 32.1. The molecule has 12 rings (SSSR count). The van der Waals surface area contributed by atoms with Crippen LogP contribution >= 0.6 is 11.3 Å². The number of pyridine rings is 1. The molecule has 2 saturated carbocycles. The van der Waals surface area contributed by atoms with Crippen LogP contribution in [-0.2, 0) is 14.3 Å². The zero-order valence-corrected chi connectivity index (χ0v) is 46.8. The molecular formula is C60H73N11O8S. The number of nitrogens with one attached hydrogen (secondary N) is 1. The van der Waals surface area contributed by atoms with Gasteiger partial charge in [-0.15, -0.1) is 21.5 Å². The summed E-state index contributed by atoms with van der Waals surface area (Å²) in [5.74, 6) is 1.03. The first-order valence-corrected chi connectivity index (χ1v) is 29.5. The number of benzene rings is 2. The predicted octanol–water partition coefficient (Wildman–Crippen LogP) is 7.93. The average Bonchev–Trinajstić information content (AvgIpc) is 4.27. The van der Waals surface area contributed by atoms with Crippen molar-refractivity contribution in [2.45, 2.75) is 146 Å². The van der Waals surface area contributed by atoms with E-state index in [1.165, 1.54) is 4.90 Å². The van der Waals surface area contributed by atoms with E-state index in [4.69, 9.17) is 24.5 Å². The quantitative estimate of drug-likeness (QED) is 0.0640. The standard InChI is InChI=1S/C60H73N11O8S/c1-34(2)56(60(75)70-32-43(72)24-51(70)59(74)64-35(3)38-9-11-39(12-10-38)57-36(4)63-33-80-57)53-28-55(67-79-53)78-45-21-37(22-45)29-68-19-16-44(17-20-68)76-46-25-47(26-46)77-54-23-40(15-18-62-54)71-41-13-14-42(71)31-69(30-41)50-27-49(65-66-58(50)61)48-7-5-6-8-52(48)73/h5-12,15,18,23,27-28,33-35,37,41-47,51,56,72-73H,13-14,16-17,19-22,24-26,29-32H2,1-4H3,(H2,61,66)(H,64,74)/t35-,37-,41?,42?,43+,45-,46-,47-,51-,56+/m0/s1. The van der Waals surface area contributed by atoms with Crippen LogP contribution in [0.2, 0.25) is 0 Å². The number of likely N-dealkylation sites (tertiary alicyclic amines) is 2. The molecule has 5 N–H and O–H groups in total. The van der Waals surface area contributed by atoms with Crippen LogP contribution in [0.5, 0.6) is 17.5 Å². The number of thiazole rings is 1. The number of piperazine rings is 1. The van der Waals surface area contributed by atoms with Gasteiger partial charge in [-0.1, -0.05) is 50.2 Å². The summed E-state index contributed by atoms with van der Waals surface area (Å²) in [4.78, 5) is 47.0. The molecule has 422 valence electrons. The minimum atomic E-state index is -0.820. The number of rotatable bonds is 18. The summed E-state index contributed by atoms with van der Waals surface area (Å²) >= 11 is 1.59. The van der Waals surface area contributed by atoms with E-state index in [1.807, 2.05) is 81.9 Å². The van der Waals surface area contributed by atoms with Crippen LogP contribution in [0.25, 0.3) is 21.7 Å². The molecule has 80 heavy (non-hydrogen) atoms. The Labute approximate surface area is 470 Å². The van der Waals surface area contributed by atoms with E-state index in [2.05, 4.69) is 57.5 Å². The van der Waals surface area contributed by atoms with E-state index in [1.54, 1.807) is 29.5 Å². The first-order valence-electron chi connectivity index (χ1n) is 28.6. The number of phenolic OH excluding ortho intramolecular Hbond substituents is 1. The molecule has 0 radical (unpaired) electrons. The van der Waals surface area contributed by atoms with Crippen LogP contribution in [0.4, 0.5) is 17.2 Å². The fourth-order valence-electron chi connectivity index (χ4n) is 13.1. The van der Waals surface area contributed by atoms with Crippen LogP contribution in [-0.4, -0.2) is 145 Å². The Hall–Kier alpha value is -6.87. The third-order valence-corrected chi connectivity index (χ3v) is 18.4. The molecule has 2 aliphatic carbocycles. The number of amides is 2. The molecule has 0 spiro atoms. The zero-order chi connectivity index (χ0) is 55.2. The Balaban J connectivity index is 0.555. The summed E-state index contributed by atoms with van der Waals surface area (Å²) in [7, 11) is 0. The highest BCUT2D eigenvalue weighted by molar-refractivity contribution is 7.13. The predicted molar refractivity (Wildman–Crippen MR) is 303 cm³/mol. The molecule has 4 aromatic heterocycles. The number of hydrogen-bond acceptors (Lipinski definition) is 18. The van der Waals surface area contributed by atoms with Crippen molar-refractivity contribution in [1.82, 2.24) is 40.4 Å². The number of aliphatic hydroxyl groups excluding tert-OH is 1. The molecule has 8 heterocycles. The number of nitrogen functional groups attached to an aromatic ring is 1. The van der Waals surface area contributed by atoms with Gasteiger partial charge in [-0.2, -0.15) is 0 Å². The highest BCUT2D eigenvalue weighted by Crippen LogP contribution is 2.42. The van der Waals surface area contributed by atoms with Gasteiger partial charge in [0.1, 0.15) is 29.9 Å². The third-order valence-electron chi connectivity index (χ3n) is 17.5. The second-order valence-electron chi connectivity index (χ2n) is 23.4. The summed E-state index contributed by atoms with van der Waals surface area (Å²) < 4.78 is 25.1. The fraction of sp³-hybridized carbons (Fsp3) is 0.517. The number of anilines is 3. The molecule has 20 heteroatoms. The number of aromatic nitrogens is 5. The van der Waals surface area contributed by atoms with Gasteiger partial charge >= 0.3 is 0 Å². The summed E-state index contributed by atoms with van der Waals surface area (Å²) in [5, 5.41) is 37.1. The minimum Gasteiger partial charge on any atom is -0.507 e.